The van der Waals surface area contributed by atoms with E-state index in [1.807, 2.05) is 6.07 Å². The predicted octanol–water partition coefficient (Wildman–Crippen LogP) is 4.89. The Bertz CT molecular complexity index is 2250. The van der Waals surface area contributed by atoms with Crippen LogP contribution in [0, 0.1) is 36.8 Å². The van der Waals surface area contributed by atoms with Crippen LogP contribution in [0.5, 0.6) is 5.75 Å². The number of nitrogens with zero attached hydrogens (tertiary/aromatic N) is 5. The second-order valence-electron chi connectivity index (χ2n) is 12.5. The Hall–Kier alpha value is -6.06. The van der Waals surface area contributed by atoms with Crippen LogP contribution in [0.4, 0.5) is 22.0 Å². The Morgan fingerprint density at radius 1 is 1.07 bits per heavy atom. The molecule has 0 aliphatic carbocycles. The molecule has 0 bridgehead atoms. The van der Waals surface area contributed by atoms with Crippen LogP contribution in [-0.2, 0) is 37.8 Å². The summed E-state index contributed by atoms with van der Waals surface area (Å²) >= 11 is 1.02. The number of hydrogen-bond acceptors (Lipinski definition) is 10. The number of carbonyl (C=O) groups is 3. The zero-order chi connectivity index (χ0) is 40.1. The second kappa shape index (κ2) is 16.5. The first-order chi connectivity index (χ1) is 26.0. The third-order valence-electron chi connectivity index (χ3n) is 8.54. The average molecular weight is 783 g/mol. The summed E-state index contributed by atoms with van der Waals surface area (Å²) < 4.78 is 85.1. The number of thiazole rings is 1. The molecule has 2 aromatic heterocycles. The van der Waals surface area contributed by atoms with E-state index in [1.54, 1.807) is 60.2 Å². The Balaban J connectivity index is 1.50. The van der Waals surface area contributed by atoms with E-state index in [1.165, 1.54) is 24.3 Å². The SMILES string of the molecule is Cc1cc(C[n+]2cnn(CC(OC(=O)C(F)(F)F)(c3ccc(F)cc3F)C(C)c3nc(-c4ccc(C#N)cc4)cs3)c2)cc(C)c1OC(=O)CNC(=O)CN. The molecule has 286 valence electrons. The van der Waals surface area contributed by atoms with Crippen LogP contribution in [0.15, 0.2) is 72.6 Å². The summed E-state index contributed by atoms with van der Waals surface area (Å²) in [4.78, 5) is 40.9. The fourth-order valence-electron chi connectivity index (χ4n) is 5.88. The number of aromatic nitrogens is 4. The van der Waals surface area contributed by atoms with Crippen molar-refractivity contribution in [1.29, 1.82) is 5.26 Å². The summed E-state index contributed by atoms with van der Waals surface area (Å²) in [7, 11) is 0. The lowest BCUT2D eigenvalue weighted by atomic mass is 9.81. The van der Waals surface area contributed by atoms with Crippen LogP contribution in [0.3, 0.4) is 0 Å². The lowest BCUT2D eigenvalue weighted by Gasteiger charge is -2.36. The molecule has 1 amide bonds. The minimum absolute atomic E-state index is 0.159. The second-order valence-corrected chi connectivity index (χ2v) is 13.4. The first kappa shape index (κ1) is 40.1. The summed E-state index contributed by atoms with van der Waals surface area (Å²) in [6, 6.07) is 14.1. The number of rotatable bonds is 13. The first-order valence-electron chi connectivity index (χ1n) is 16.4. The smallest absolute Gasteiger partial charge is 0.443 e. The van der Waals surface area contributed by atoms with Crippen molar-refractivity contribution in [3.8, 4) is 23.1 Å². The van der Waals surface area contributed by atoms with Gasteiger partial charge in [-0.3, -0.25) is 4.79 Å². The third-order valence-corrected chi connectivity index (χ3v) is 9.57. The van der Waals surface area contributed by atoms with Crippen molar-refractivity contribution in [2.75, 3.05) is 13.1 Å². The van der Waals surface area contributed by atoms with Gasteiger partial charge < -0.3 is 20.5 Å². The van der Waals surface area contributed by atoms with E-state index in [0.717, 1.165) is 23.5 Å². The van der Waals surface area contributed by atoms with Crippen molar-refractivity contribution < 1.29 is 50.4 Å². The van der Waals surface area contributed by atoms with Crippen molar-refractivity contribution in [3.63, 3.8) is 0 Å². The third kappa shape index (κ3) is 9.37. The predicted molar refractivity (Wildman–Crippen MR) is 186 cm³/mol. The van der Waals surface area contributed by atoms with E-state index in [9.17, 15) is 31.9 Å². The topological polar surface area (TPSA) is 166 Å². The van der Waals surface area contributed by atoms with E-state index in [4.69, 9.17) is 20.5 Å². The molecule has 2 heterocycles. The molecule has 0 radical (unpaired) electrons. The van der Waals surface area contributed by atoms with Crippen LogP contribution < -0.4 is 20.4 Å². The Morgan fingerprint density at radius 2 is 1.76 bits per heavy atom. The number of halogens is 5. The molecule has 3 N–H and O–H groups in total. The number of benzene rings is 3. The summed E-state index contributed by atoms with van der Waals surface area (Å²) in [5.74, 6) is -7.10. The first-order valence-corrected chi connectivity index (χ1v) is 17.3. The summed E-state index contributed by atoms with van der Waals surface area (Å²) in [6.07, 6.45) is -2.73. The lowest BCUT2D eigenvalue weighted by molar-refractivity contribution is -0.689. The molecule has 0 aliphatic heterocycles. The number of ether oxygens (including phenoxy) is 2. The molecule has 5 rings (SSSR count). The highest BCUT2D eigenvalue weighted by Gasteiger charge is 2.53. The molecule has 0 saturated carbocycles. The zero-order valence-electron chi connectivity index (χ0n) is 29.5. The molecular weight excluding hydrogens is 750 g/mol. The van der Waals surface area contributed by atoms with Gasteiger partial charge in [-0.05, 0) is 66.9 Å². The number of nitrogens with two attached hydrogens (primary N) is 1. The molecule has 2 atom stereocenters. The lowest BCUT2D eigenvalue weighted by Crippen LogP contribution is -2.45. The standard InChI is InChI=1S/C37H32F5N7O5S/c1-21-10-25(11-22(2)33(21)53-32(51)15-45-31(50)14-44)16-48-19-46-49(20-48)18-36(54-35(52)37(40,41)42,28-9-8-27(38)12-29(28)39)23(3)34-47-30(17-55-34)26-6-4-24(13-43)5-7-26/h4-12,17,19-20,23H,14-16,18,44H2,1-3H3/p+1. The molecular formula is C37H33F5N7O5S+. The maximum absolute atomic E-state index is 15.7. The van der Waals surface area contributed by atoms with Crippen LogP contribution in [-0.4, -0.2) is 51.9 Å². The number of alkyl halides is 3. The van der Waals surface area contributed by atoms with Crippen LogP contribution in [0.1, 0.15) is 45.7 Å². The number of carbonyl (C=O) groups excluding carboxylic acids is 3. The minimum Gasteiger partial charge on any atom is -0.443 e. The van der Waals surface area contributed by atoms with E-state index in [-0.39, 0.29) is 30.4 Å². The van der Waals surface area contributed by atoms with Crippen molar-refractivity contribution in [3.05, 3.63) is 117 Å². The quantitative estimate of drug-likeness (QED) is 0.0732. The van der Waals surface area contributed by atoms with Crippen molar-refractivity contribution in [2.24, 2.45) is 5.73 Å². The molecule has 18 heteroatoms. The molecule has 2 unspecified atom stereocenters. The van der Waals surface area contributed by atoms with Gasteiger partial charge in [-0.25, -0.2) is 27.9 Å². The Labute approximate surface area is 314 Å². The van der Waals surface area contributed by atoms with E-state index in [2.05, 4.69) is 15.4 Å². The van der Waals surface area contributed by atoms with Gasteiger partial charge in [-0.15, -0.1) is 16.0 Å². The Morgan fingerprint density at radius 3 is 2.38 bits per heavy atom. The van der Waals surface area contributed by atoms with Gasteiger partial charge in [0, 0.05) is 27.7 Å². The largest absolute Gasteiger partial charge is 0.490 e. The maximum atomic E-state index is 15.7. The van der Waals surface area contributed by atoms with Gasteiger partial charge in [0.25, 0.3) is 6.33 Å². The fourth-order valence-corrected chi connectivity index (χ4v) is 6.85. The van der Waals surface area contributed by atoms with Crippen molar-refractivity contribution >= 4 is 29.2 Å². The van der Waals surface area contributed by atoms with E-state index < -0.39 is 59.3 Å². The fraction of sp³-hybridized carbons (Fsp3) is 0.270. The number of esters is 2. The average Bonchev–Trinajstić information content (AvgIpc) is 3.81. The molecule has 12 nitrogen and oxygen atoms in total. The number of nitrogens with one attached hydrogen (secondary N) is 1. The minimum atomic E-state index is -5.49. The van der Waals surface area contributed by atoms with Crippen LogP contribution >= 0.6 is 11.3 Å². The molecule has 0 aliphatic rings. The highest BCUT2D eigenvalue weighted by Crippen LogP contribution is 2.45. The zero-order valence-corrected chi connectivity index (χ0v) is 30.3. The highest BCUT2D eigenvalue weighted by atomic mass is 32.1. The van der Waals surface area contributed by atoms with Gasteiger partial charge in [0.2, 0.25) is 12.2 Å². The molecule has 0 fully saturated rings. The van der Waals surface area contributed by atoms with Crippen LogP contribution in [0.25, 0.3) is 11.3 Å². The number of aryl methyl sites for hydroxylation is 2. The van der Waals surface area contributed by atoms with Gasteiger partial charge in [0.05, 0.1) is 36.3 Å². The molecule has 5 aromatic rings. The maximum Gasteiger partial charge on any atom is 0.490 e. The molecule has 0 spiro atoms. The summed E-state index contributed by atoms with van der Waals surface area (Å²) in [6.45, 7) is 3.66. The van der Waals surface area contributed by atoms with Gasteiger partial charge in [0.15, 0.2) is 5.60 Å². The molecule has 55 heavy (non-hydrogen) atoms. The van der Waals surface area contributed by atoms with Gasteiger partial charge in [-0.2, -0.15) is 18.4 Å². The normalized spacial score (nSPS) is 13.0. The highest BCUT2D eigenvalue weighted by molar-refractivity contribution is 7.10. The van der Waals surface area contributed by atoms with Gasteiger partial charge >= 0.3 is 18.1 Å². The van der Waals surface area contributed by atoms with E-state index >= 15 is 4.39 Å². The van der Waals surface area contributed by atoms with Gasteiger partial charge in [-0.1, -0.05) is 19.1 Å². The van der Waals surface area contributed by atoms with Crippen molar-refractivity contribution in [2.45, 2.75) is 51.6 Å². The number of hydrogen-bond donors (Lipinski definition) is 2. The van der Waals surface area contributed by atoms with E-state index in [0.29, 0.717) is 39.6 Å². The van der Waals surface area contributed by atoms with Gasteiger partial charge in [0.1, 0.15) is 35.5 Å². The molecule has 3 aromatic carbocycles. The molecule has 0 saturated heterocycles. The number of amides is 1. The number of nitriles is 1. The monoisotopic (exact) mass is 782 g/mol. The van der Waals surface area contributed by atoms with Crippen LogP contribution in [0.2, 0.25) is 0 Å². The summed E-state index contributed by atoms with van der Waals surface area (Å²) in [5.41, 5.74) is 5.47. The van der Waals surface area contributed by atoms with Crippen molar-refractivity contribution in [1.82, 2.24) is 20.1 Å². The summed E-state index contributed by atoms with van der Waals surface area (Å²) in [5, 5.41) is 17.5. The Kier molecular flexibility index (Phi) is 12.1.